The van der Waals surface area contributed by atoms with Crippen molar-refractivity contribution in [1.29, 1.82) is 0 Å². The SMILES string of the molecule is C[C@H](OC(=O)c1cc(F)cc([N+](=O)[O-])c1N)C(=O)N1CCCCCC1. The Morgan fingerprint density at radius 1 is 1.28 bits per heavy atom. The summed E-state index contributed by atoms with van der Waals surface area (Å²) in [6, 6.07) is 1.38. The van der Waals surface area contributed by atoms with Crippen molar-refractivity contribution >= 4 is 23.3 Å². The number of nitrogens with zero attached hydrogens (tertiary/aromatic N) is 2. The summed E-state index contributed by atoms with van der Waals surface area (Å²) in [5, 5.41) is 10.9. The van der Waals surface area contributed by atoms with Gasteiger partial charge in [0.1, 0.15) is 11.5 Å². The summed E-state index contributed by atoms with van der Waals surface area (Å²) in [6.07, 6.45) is 2.76. The molecule has 8 nitrogen and oxygen atoms in total. The van der Waals surface area contributed by atoms with Gasteiger partial charge >= 0.3 is 5.97 Å². The Morgan fingerprint density at radius 2 is 1.88 bits per heavy atom. The quantitative estimate of drug-likeness (QED) is 0.384. The van der Waals surface area contributed by atoms with Gasteiger partial charge in [0.15, 0.2) is 6.10 Å². The highest BCUT2D eigenvalue weighted by atomic mass is 19.1. The van der Waals surface area contributed by atoms with Crippen LogP contribution in [0.5, 0.6) is 0 Å². The van der Waals surface area contributed by atoms with E-state index in [1.807, 2.05) is 0 Å². The maximum absolute atomic E-state index is 13.5. The summed E-state index contributed by atoms with van der Waals surface area (Å²) in [5.74, 6) is -2.41. The van der Waals surface area contributed by atoms with E-state index < -0.39 is 39.8 Å². The molecular formula is C16H20FN3O5. The molecule has 2 N–H and O–H groups in total. The number of rotatable bonds is 4. The zero-order valence-electron chi connectivity index (χ0n) is 13.9. The molecule has 1 aromatic carbocycles. The number of halogens is 1. The minimum atomic E-state index is -1.09. The summed E-state index contributed by atoms with van der Waals surface area (Å²) in [4.78, 5) is 36.2. The van der Waals surface area contributed by atoms with E-state index in [0.717, 1.165) is 31.7 Å². The number of benzene rings is 1. The zero-order valence-corrected chi connectivity index (χ0v) is 13.9. The molecule has 0 saturated carbocycles. The number of ether oxygens (including phenoxy) is 1. The topological polar surface area (TPSA) is 116 Å². The van der Waals surface area contributed by atoms with Gasteiger partial charge in [-0.3, -0.25) is 14.9 Å². The molecule has 1 atom stereocenters. The molecule has 0 aromatic heterocycles. The van der Waals surface area contributed by atoms with Crippen molar-refractivity contribution in [3.63, 3.8) is 0 Å². The molecule has 136 valence electrons. The lowest BCUT2D eigenvalue weighted by atomic mass is 10.1. The first-order valence-corrected chi connectivity index (χ1v) is 8.04. The van der Waals surface area contributed by atoms with Crippen LogP contribution in [0.4, 0.5) is 15.8 Å². The molecule has 25 heavy (non-hydrogen) atoms. The molecule has 1 aliphatic heterocycles. The van der Waals surface area contributed by atoms with Crippen LogP contribution in [-0.4, -0.2) is 40.9 Å². The molecule has 0 spiro atoms. The molecule has 1 aromatic rings. The number of nitro groups is 1. The maximum Gasteiger partial charge on any atom is 0.341 e. The van der Waals surface area contributed by atoms with E-state index >= 15 is 0 Å². The first-order valence-electron chi connectivity index (χ1n) is 8.04. The number of amides is 1. The van der Waals surface area contributed by atoms with Crippen LogP contribution in [-0.2, 0) is 9.53 Å². The van der Waals surface area contributed by atoms with Gasteiger partial charge in [0.2, 0.25) is 0 Å². The highest BCUT2D eigenvalue weighted by Crippen LogP contribution is 2.27. The molecule has 1 aliphatic rings. The van der Waals surface area contributed by atoms with Crippen LogP contribution in [0, 0.1) is 15.9 Å². The molecular weight excluding hydrogens is 333 g/mol. The predicted molar refractivity (Wildman–Crippen MR) is 87.4 cm³/mol. The molecule has 0 unspecified atom stereocenters. The van der Waals surface area contributed by atoms with Crippen molar-refractivity contribution in [3.05, 3.63) is 33.6 Å². The van der Waals surface area contributed by atoms with Crippen LogP contribution >= 0.6 is 0 Å². The monoisotopic (exact) mass is 353 g/mol. The minimum absolute atomic E-state index is 0.347. The number of nitro benzene ring substituents is 1. The van der Waals surface area contributed by atoms with E-state index in [1.54, 1.807) is 4.90 Å². The van der Waals surface area contributed by atoms with E-state index in [0.29, 0.717) is 19.2 Å². The highest BCUT2D eigenvalue weighted by Gasteiger charge is 2.28. The fourth-order valence-electron chi connectivity index (χ4n) is 2.75. The fraction of sp³-hybridized carbons (Fsp3) is 0.500. The normalized spacial score (nSPS) is 16.0. The Morgan fingerprint density at radius 3 is 2.44 bits per heavy atom. The second-order valence-corrected chi connectivity index (χ2v) is 5.93. The van der Waals surface area contributed by atoms with E-state index in [4.69, 9.17) is 10.5 Å². The van der Waals surface area contributed by atoms with Crippen LogP contribution < -0.4 is 5.73 Å². The van der Waals surface area contributed by atoms with E-state index in [9.17, 15) is 24.1 Å². The number of likely N-dealkylation sites (tertiary alicyclic amines) is 1. The van der Waals surface area contributed by atoms with Gasteiger partial charge < -0.3 is 15.4 Å². The average Bonchev–Trinajstić information content (AvgIpc) is 2.84. The Kier molecular flexibility index (Phi) is 5.89. The van der Waals surface area contributed by atoms with Crippen molar-refractivity contribution in [2.24, 2.45) is 0 Å². The van der Waals surface area contributed by atoms with Gasteiger partial charge in [-0.05, 0) is 25.8 Å². The number of nitrogens with two attached hydrogens (primary N) is 1. The lowest BCUT2D eigenvalue weighted by Gasteiger charge is -2.24. The van der Waals surface area contributed by atoms with E-state index in [2.05, 4.69) is 0 Å². The number of anilines is 1. The standard InChI is InChI=1S/C16H20FN3O5/c1-10(15(21)19-6-4-2-3-5-7-19)25-16(22)12-8-11(17)9-13(14(12)18)20(23)24/h8-10H,2-7,18H2,1H3/t10-/m0/s1. The van der Waals surface area contributed by atoms with Gasteiger partial charge in [0.05, 0.1) is 16.6 Å². The molecule has 1 saturated heterocycles. The van der Waals surface area contributed by atoms with Gasteiger partial charge in [-0.2, -0.15) is 0 Å². The van der Waals surface area contributed by atoms with Gasteiger partial charge in [0.25, 0.3) is 11.6 Å². The van der Waals surface area contributed by atoms with Gasteiger partial charge in [-0.15, -0.1) is 0 Å². The molecule has 1 fully saturated rings. The van der Waals surface area contributed by atoms with Gasteiger partial charge in [-0.1, -0.05) is 12.8 Å². The Balaban J connectivity index is 2.13. The lowest BCUT2D eigenvalue weighted by Crippen LogP contribution is -2.40. The average molecular weight is 353 g/mol. The van der Waals surface area contributed by atoms with Crippen LogP contribution in [0.15, 0.2) is 12.1 Å². The zero-order chi connectivity index (χ0) is 18.6. The number of nitrogen functional groups attached to an aromatic ring is 1. The Hall–Kier alpha value is -2.71. The third kappa shape index (κ3) is 4.43. The first-order chi connectivity index (χ1) is 11.8. The van der Waals surface area contributed by atoms with Gasteiger partial charge in [0, 0.05) is 13.1 Å². The minimum Gasteiger partial charge on any atom is -0.449 e. The van der Waals surface area contributed by atoms with Crippen molar-refractivity contribution < 1.29 is 23.6 Å². The molecule has 0 aliphatic carbocycles. The van der Waals surface area contributed by atoms with Crippen molar-refractivity contribution in [2.75, 3.05) is 18.8 Å². The van der Waals surface area contributed by atoms with Crippen LogP contribution in [0.25, 0.3) is 0 Å². The van der Waals surface area contributed by atoms with E-state index in [1.165, 1.54) is 6.92 Å². The van der Waals surface area contributed by atoms with Crippen molar-refractivity contribution in [2.45, 2.75) is 38.7 Å². The summed E-state index contributed by atoms with van der Waals surface area (Å²) in [7, 11) is 0. The number of hydrogen-bond donors (Lipinski definition) is 1. The number of esters is 1. The van der Waals surface area contributed by atoms with Crippen molar-refractivity contribution in [1.82, 2.24) is 4.90 Å². The van der Waals surface area contributed by atoms with Gasteiger partial charge in [-0.25, -0.2) is 9.18 Å². The summed E-state index contributed by atoms with van der Waals surface area (Å²) in [6.45, 7) is 2.59. The van der Waals surface area contributed by atoms with Crippen molar-refractivity contribution in [3.8, 4) is 0 Å². The third-order valence-corrected chi connectivity index (χ3v) is 4.09. The van der Waals surface area contributed by atoms with Crippen LogP contribution in [0.2, 0.25) is 0 Å². The highest BCUT2D eigenvalue weighted by molar-refractivity contribution is 5.98. The van der Waals surface area contributed by atoms with Crippen LogP contribution in [0.3, 0.4) is 0 Å². The molecule has 9 heteroatoms. The lowest BCUT2D eigenvalue weighted by molar-refractivity contribution is -0.384. The molecule has 0 radical (unpaired) electrons. The maximum atomic E-state index is 13.5. The third-order valence-electron chi connectivity index (χ3n) is 4.09. The largest absolute Gasteiger partial charge is 0.449 e. The molecule has 2 rings (SSSR count). The Labute approximate surface area is 143 Å². The Bertz CT molecular complexity index is 687. The number of carbonyl (C=O) groups excluding carboxylic acids is 2. The van der Waals surface area contributed by atoms with E-state index in [-0.39, 0.29) is 5.91 Å². The molecule has 1 amide bonds. The summed E-state index contributed by atoms with van der Waals surface area (Å²) >= 11 is 0. The number of hydrogen-bond acceptors (Lipinski definition) is 6. The summed E-state index contributed by atoms with van der Waals surface area (Å²) in [5.41, 5.74) is 3.88. The summed E-state index contributed by atoms with van der Waals surface area (Å²) < 4.78 is 18.6. The molecule has 0 bridgehead atoms. The second kappa shape index (κ2) is 7.91. The molecule has 1 heterocycles. The first kappa shape index (κ1) is 18.6. The fourth-order valence-corrected chi connectivity index (χ4v) is 2.75. The smallest absolute Gasteiger partial charge is 0.341 e. The number of carbonyl (C=O) groups is 2. The predicted octanol–water partition coefficient (Wildman–Crippen LogP) is 2.26. The second-order valence-electron chi connectivity index (χ2n) is 5.93. The van der Waals surface area contributed by atoms with Crippen LogP contribution in [0.1, 0.15) is 43.0 Å².